The number of amides is 1. The second kappa shape index (κ2) is 8.65. The van der Waals surface area contributed by atoms with Crippen molar-refractivity contribution < 1.29 is 4.79 Å². The lowest BCUT2D eigenvalue weighted by molar-refractivity contribution is -0.130. The van der Waals surface area contributed by atoms with E-state index >= 15 is 0 Å². The van der Waals surface area contributed by atoms with E-state index in [0.29, 0.717) is 37.1 Å². The molecule has 29 heavy (non-hydrogen) atoms. The summed E-state index contributed by atoms with van der Waals surface area (Å²) in [5, 5.41) is 0.661. The Hall–Kier alpha value is -2.22. The van der Waals surface area contributed by atoms with E-state index in [9.17, 15) is 9.59 Å². The van der Waals surface area contributed by atoms with Gasteiger partial charge in [-0.25, -0.2) is 4.98 Å². The van der Waals surface area contributed by atoms with E-state index in [1.165, 1.54) is 16.9 Å². The van der Waals surface area contributed by atoms with Crippen molar-refractivity contribution in [3.8, 4) is 0 Å². The maximum absolute atomic E-state index is 12.7. The molecule has 154 valence electrons. The monoisotopic (exact) mass is 432 g/mol. The summed E-state index contributed by atoms with van der Waals surface area (Å²) < 4.78 is 0. The number of aromatic nitrogens is 2. The van der Waals surface area contributed by atoms with Crippen molar-refractivity contribution in [1.29, 1.82) is 0 Å². The molecule has 3 aromatic rings. The van der Waals surface area contributed by atoms with Gasteiger partial charge >= 0.3 is 0 Å². The standard InChI is InChI=1S/C21H24N4O2S.ClH/c1-12-13(2)28-21-19(12)20(27)23-17(24-21)8-9-18(26)25-10-15(16(22)11-25)14-6-4-3-5-7-14;/h3-7,15-16H,8-11,22H2,1-2H3,(H,23,24,27);1H/t15-,16+;/m0./s1. The molecule has 0 spiro atoms. The van der Waals surface area contributed by atoms with Gasteiger partial charge in [0.15, 0.2) is 0 Å². The zero-order chi connectivity index (χ0) is 19.8. The van der Waals surface area contributed by atoms with E-state index in [1.807, 2.05) is 36.9 Å². The number of benzene rings is 1. The number of halogens is 1. The molecule has 3 heterocycles. The summed E-state index contributed by atoms with van der Waals surface area (Å²) in [6, 6.07) is 10.0. The van der Waals surface area contributed by atoms with E-state index in [1.54, 1.807) is 0 Å². The highest BCUT2D eigenvalue weighted by Gasteiger charge is 2.33. The minimum absolute atomic E-state index is 0. The van der Waals surface area contributed by atoms with Crippen LogP contribution in [0.2, 0.25) is 0 Å². The summed E-state index contributed by atoms with van der Waals surface area (Å²) in [5.41, 5.74) is 8.32. The third-order valence-electron chi connectivity index (χ3n) is 5.61. The van der Waals surface area contributed by atoms with Gasteiger partial charge in [-0.1, -0.05) is 30.3 Å². The van der Waals surface area contributed by atoms with Crippen LogP contribution in [0.25, 0.3) is 10.2 Å². The minimum atomic E-state index is -0.123. The predicted octanol–water partition coefficient (Wildman–Crippen LogP) is 2.91. The Labute approximate surface area is 179 Å². The Bertz CT molecular complexity index is 1080. The second-order valence-corrected chi connectivity index (χ2v) is 8.66. The number of H-pyrrole nitrogens is 1. The molecule has 0 aliphatic carbocycles. The number of rotatable bonds is 4. The molecule has 0 saturated carbocycles. The summed E-state index contributed by atoms with van der Waals surface area (Å²) >= 11 is 1.52. The van der Waals surface area contributed by atoms with Crippen molar-refractivity contribution in [2.45, 2.75) is 38.6 Å². The molecule has 1 amide bonds. The zero-order valence-corrected chi connectivity index (χ0v) is 18.1. The number of likely N-dealkylation sites (tertiary alicyclic amines) is 1. The average molecular weight is 433 g/mol. The topological polar surface area (TPSA) is 92.1 Å². The number of hydrogen-bond donors (Lipinski definition) is 2. The number of nitrogens with two attached hydrogens (primary N) is 1. The van der Waals surface area contributed by atoms with E-state index in [-0.39, 0.29) is 35.8 Å². The molecule has 2 aromatic heterocycles. The number of carbonyl (C=O) groups is 1. The van der Waals surface area contributed by atoms with Crippen molar-refractivity contribution >= 4 is 39.9 Å². The first kappa shape index (κ1) is 21.5. The van der Waals surface area contributed by atoms with Crippen LogP contribution in [0.15, 0.2) is 35.1 Å². The fraction of sp³-hybridized carbons (Fsp3) is 0.381. The van der Waals surface area contributed by atoms with Gasteiger partial charge in [0.2, 0.25) is 5.91 Å². The molecule has 0 radical (unpaired) electrons. The van der Waals surface area contributed by atoms with Crippen LogP contribution in [0.3, 0.4) is 0 Å². The smallest absolute Gasteiger partial charge is 0.259 e. The number of nitrogens with one attached hydrogen (secondary N) is 1. The number of aryl methyl sites for hydroxylation is 3. The molecular formula is C21H25ClN4O2S. The van der Waals surface area contributed by atoms with Crippen LogP contribution in [0, 0.1) is 13.8 Å². The first-order valence-corrected chi connectivity index (χ1v) is 10.3. The molecule has 0 bridgehead atoms. The van der Waals surface area contributed by atoms with Gasteiger partial charge in [-0.3, -0.25) is 9.59 Å². The van der Waals surface area contributed by atoms with E-state index in [4.69, 9.17) is 5.73 Å². The number of thiophene rings is 1. The van der Waals surface area contributed by atoms with Gasteiger partial charge < -0.3 is 15.6 Å². The highest BCUT2D eigenvalue weighted by Crippen LogP contribution is 2.27. The summed E-state index contributed by atoms with van der Waals surface area (Å²) in [7, 11) is 0. The minimum Gasteiger partial charge on any atom is -0.340 e. The Morgan fingerprint density at radius 2 is 2.00 bits per heavy atom. The van der Waals surface area contributed by atoms with Crippen molar-refractivity contribution in [1.82, 2.24) is 14.9 Å². The molecule has 4 rings (SSSR count). The van der Waals surface area contributed by atoms with Crippen LogP contribution >= 0.6 is 23.7 Å². The third kappa shape index (κ3) is 4.22. The first-order valence-electron chi connectivity index (χ1n) is 9.51. The largest absolute Gasteiger partial charge is 0.340 e. The SMILES string of the molecule is Cc1sc2nc(CCC(=O)N3C[C@@H](N)[C@H](c4ccccc4)C3)[nH]c(=O)c2c1C.Cl. The quantitative estimate of drug-likeness (QED) is 0.663. The van der Waals surface area contributed by atoms with Gasteiger partial charge in [-0.15, -0.1) is 23.7 Å². The van der Waals surface area contributed by atoms with Crippen LogP contribution in [-0.2, 0) is 11.2 Å². The van der Waals surface area contributed by atoms with Crippen molar-refractivity contribution in [3.05, 3.63) is 62.5 Å². The summed E-state index contributed by atoms with van der Waals surface area (Å²) in [5.74, 6) is 0.780. The Morgan fingerprint density at radius 1 is 1.28 bits per heavy atom. The maximum Gasteiger partial charge on any atom is 0.259 e. The summed E-state index contributed by atoms with van der Waals surface area (Å²) in [4.78, 5) is 36.1. The molecule has 1 aromatic carbocycles. The predicted molar refractivity (Wildman–Crippen MR) is 119 cm³/mol. The molecule has 2 atom stereocenters. The average Bonchev–Trinajstić information content (AvgIpc) is 3.20. The molecular weight excluding hydrogens is 408 g/mol. The number of nitrogens with zero attached hydrogens (tertiary/aromatic N) is 2. The molecule has 1 fully saturated rings. The van der Waals surface area contributed by atoms with Crippen LogP contribution in [0.1, 0.15) is 34.2 Å². The Morgan fingerprint density at radius 3 is 2.72 bits per heavy atom. The van der Waals surface area contributed by atoms with Crippen LogP contribution in [0.5, 0.6) is 0 Å². The Kier molecular flexibility index (Phi) is 6.41. The number of carbonyl (C=O) groups excluding carboxylic acids is 1. The highest BCUT2D eigenvalue weighted by molar-refractivity contribution is 7.18. The highest BCUT2D eigenvalue weighted by atomic mass is 35.5. The van der Waals surface area contributed by atoms with Gasteiger partial charge in [0.05, 0.1) is 5.39 Å². The second-order valence-electron chi connectivity index (χ2n) is 7.46. The van der Waals surface area contributed by atoms with Gasteiger partial charge in [0.1, 0.15) is 10.7 Å². The molecule has 8 heteroatoms. The maximum atomic E-state index is 12.7. The lowest BCUT2D eigenvalue weighted by atomic mass is 9.95. The van der Waals surface area contributed by atoms with Crippen LogP contribution in [0.4, 0.5) is 0 Å². The summed E-state index contributed by atoms with van der Waals surface area (Å²) in [6.07, 6.45) is 0.730. The number of hydrogen-bond acceptors (Lipinski definition) is 5. The summed E-state index contributed by atoms with van der Waals surface area (Å²) in [6.45, 7) is 5.12. The first-order chi connectivity index (χ1) is 13.4. The fourth-order valence-electron chi connectivity index (χ4n) is 3.89. The van der Waals surface area contributed by atoms with E-state index < -0.39 is 0 Å². The normalized spacial score (nSPS) is 18.8. The van der Waals surface area contributed by atoms with E-state index in [0.717, 1.165) is 15.3 Å². The van der Waals surface area contributed by atoms with Crippen molar-refractivity contribution in [2.24, 2.45) is 5.73 Å². The lowest BCUT2D eigenvalue weighted by Crippen LogP contribution is -2.32. The van der Waals surface area contributed by atoms with E-state index in [2.05, 4.69) is 22.1 Å². The van der Waals surface area contributed by atoms with Crippen LogP contribution < -0.4 is 11.3 Å². The van der Waals surface area contributed by atoms with Crippen molar-refractivity contribution in [2.75, 3.05) is 13.1 Å². The molecule has 1 aliphatic rings. The van der Waals surface area contributed by atoms with Crippen LogP contribution in [-0.4, -0.2) is 39.9 Å². The molecule has 1 aliphatic heterocycles. The number of aromatic amines is 1. The molecule has 0 unspecified atom stereocenters. The van der Waals surface area contributed by atoms with Gasteiger partial charge in [0, 0.05) is 42.8 Å². The lowest BCUT2D eigenvalue weighted by Gasteiger charge is -2.16. The molecule has 3 N–H and O–H groups in total. The zero-order valence-electron chi connectivity index (χ0n) is 16.5. The van der Waals surface area contributed by atoms with Gasteiger partial charge in [-0.2, -0.15) is 0 Å². The fourth-order valence-corrected chi connectivity index (χ4v) is 4.94. The third-order valence-corrected chi connectivity index (χ3v) is 6.71. The Balaban J connectivity index is 0.00000240. The number of fused-ring (bicyclic) bond motifs is 1. The molecule has 6 nitrogen and oxygen atoms in total. The molecule has 1 saturated heterocycles. The van der Waals surface area contributed by atoms with Crippen molar-refractivity contribution in [3.63, 3.8) is 0 Å². The van der Waals surface area contributed by atoms with Gasteiger partial charge in [-0.05, 0) is 25.0 Å². The van der Waals surface area contributed by atoms with Gasteiger partial charge in [0.25, 0.3) is 5.56 Å².